The van der Waals surface area contributed by atoms with Crippen LogP contribution in [0.1, 0.15) is 10.6 Å². The highest BCUT2D eigenvalue weighted by Gasteiger charge is 2.13. The summed E-state index contributed by atoms with van der Waals surface area (Å²) in [5.74, 6) is 1.40. The molecule has 4 rings (SSSR count). The SMILES string of the molecule is COc1cc(-c2ncc(C)s2)cc2c(NCc3ccc(Cl)cn3)ncnc12. The molecule has 3 aromatic heterocycles. The lowest BCUT2D eigenvalue weighted by Crippen LogP contribution is -2.04. The topological polar surface area (TPSA) is 72.8 Å². The average Bonchev–Trinajstić information content (AvgIpc) is 3.13. The molecule has 0 aliphatic rings. The van der Waals surface area contributed by atoms with Crippen molar-refractivity contribution in [2.75, 3.05) is 12.4 Å². The molecule has 1 N–H and O–H groups in total. The van der Waals surface area contributed by atoms with Crippen LogP contribution in [0.5, 0.6) is 5.75 Å². The lowest BCUT2D eigenvalue weighted by Gasteiger charge is -2.11. The number of ether oxygens (including phenoxy) is 1. The van der Waals surface area contributed by atoms with E-state index in [1.807, 2.05) is 37.4 Å². The lowest BCUT2D eigenvalue weighted by molar-refractivity contribution is 0.419. The van der Waals surface area contributed by atoms with Gasteiger partial charge in [-0.1, -0.05) is 11.6 Å². The van der Waals surface area contributed by atoms with Gasteiger partial charge in [-0.25, -0.2) is 15.0 Å². The minimum Gasteiger partial charge on any atom is -0.494 e. The van der Waals surface area contributed by atoms with Crippen LogP contribution in [0.2, 0.25) is 5.02 Å². The normalized spacial score (nSPS) is 10.9. The first-order valence-corrected chi connectivity index (χ1v) is 9.43. The fourth-order valence-corrected chi connectivity index (χ4v) is 3.59. The maximum atomic E-state index is 5.90. The smallest absolute Gasteiger partial charge is 0.145 e. The highest BCUT2D eigenvalue weighted by molar-refractivity contribution is 7.14. The van der Waals surface area contributed by atoms with Crippen LogP contribution in [-0.2, 0) is 6.54 Å². The predicted molar refractivity (Wildman–Crippen MR) is 109 cm³/mol. The molecule has 0 spiro atoms. The molecule has 0 unspecified atom stereocenters. The highest BCUT2D eigenvalue weighted by Crippen LogP contribution is 2.35. The number of aryl methyl sites for hydroxylation is 1. The van der Waals surface area contributed by atoms with E-state index in [9.17, 15) is 0 Å². The van der Waals surface area contributed by atoms with Gasteiger partial charge in [0, 0.05) is 28.2 Å². The number of fused-ring (bicyclic) bond motifs is 1. The number of halogens is 1. The quantitative estimate of drug-likeness (QED) is 0.524. The van der Waals surface area contributed by atoms with Crippen molar-refractivity contribution >= 4 is 39.7 Å². The molecule has 0 saturated heterocycles. The molecule has 0 atom stereocenters. The Bertz CT molecular complexity index is 1100. The van der Waals surface area contributed by atoms with Crippen molar-refractivity contribution in [3.8, 4) is 16.3 Å². The molecular formula is C19H16ClN5OS. The van der Waals surface area contributed by atoms with Crippen LogP contribution >= 0.6 is 22.9 Å². The van der Waals surface area contributed by atoms with Gasteiger partial charge >= 0.3 is 0 Å². The summed E-state index contributed by atoms with van der Waals surface area (Å²) in [5, 5.41) is 5.74. The Labute approximate surface area is 165 Å². The summed E-state index contributed by atoms with van der Waals surface area (Å²) in [4.78, 5) is 18.7. The standard InChI is InChI=1S/C19H16ClN5OS/c1-11-7-23-19(27-11)12-5-15-17(16(6-12)26-2)24-10-25-18(15)22-9-14-4-3-13(20)8-21-14/h3-8,10H,9H2,1-2H3,(H,22,24,25). The highest BCUT2D eigenvalue weighted by atomic mass is 35.5. The van der Waals surface area contributed by atoms with Crippen molar-refractivity contribution in [3.05, 3.63) is 58.6 Å². The Kier molecular flexibility index (Phi) is 4.87. The minimum atomic E-state index is 0.520. The van der Waals surface area contributed by atoms with E-state index in [1.165, 1.54) is 6.33 Å². The van der Waals surface area contributed by atoms with Gasteiger partial charge in [0.15, 0.2) is 0 Å². The van der Waals surface area contributed by atoms with Crippen molar-refractivity contribution in [1.29, 1.82) is 0 Å². The number of thiazole rings is 1. The van der Waals surface area contributed by atoms with Gasteiger partial charge in [0.05, 0.1) is 24.4 Å². The Morgan fingerprint density at radius 3 is 2.70 bits per heavy atom. The van der Waals surface area contributed by atoms with Gasteiger partial charge in [0.2, 0.25) is 0 Å². The fourth-order valence-electron chi connectivity index (χ4n) is 2.73. The molecule has 4 aromatic rings. The number of hydrogen-bond donors (Lipinski definition) is 1. The molecule has 0 aliphatic heterocycles. The van der Waals surface area contributed by atoms with Gasteiger partial charge in [-0.05, 0) is 31.2 Å². The summed E-state index contributed by atoms with van der Waals surface area (Å²) >= 11 is 7.53. The molecule has 8 heteroatoms. The van der Waals surface area contributed by atoms with E-state index in [4.69, 9.17) is 16.3 Å². The zero-order valence-corrected chi connectivity index (χ0v) is 16.3. The molecule has 27 heavy (non-hydrogen) atoms. The number of hydrogen-bond acceptors (Lipinski definition) is 7. The van der Waals surface area contributed by atoms with Crippen LogP contribution in [0, 0.1) is 6.92 Å². The van der Waals surface area contributed by atoms with Crippen molar-refractivity contribution < 1.29 is 4.74 Å². The van der Waals surface area contributed by atoms with E-state index >= 15 is 0 Å². The molecule has 136 valence electrons. The molecular weight excluding hydrogens is 382 g/mol. The second-order valence-corrected chi connectivity index (χ2v) is 7.57. The summed E-state index contributed by atoms with van der Waals surface area (Å²) in [7, 11) is 1.64. The Morgan fingerprint density at radius 2 is 2.00 bits per heavy atom. The van der Waals surface area contributed by atoms with Crippen molar-refractivity contribution in [1.82, 2.24) is 19.9 Å². The Hall–Kier alpha value is -2.77. The molecule has 0 fully saturated rings. The van der Waals surface area contributed by atoms with Crippen LogP contribution in [0.4, 0.5) is 5.82 Å². The first-order valence-electron chi connectivity index (χ1n) is 8.24. The maximum Gasteiger partial charge on any atom is 0.145 e. The van der Waals surface area contributed by atoms with Gasteiger partial charge in [-0.2, -0.15) is 0 Å². The molecule has 0 amide bonds. The van der Waals surface area contributed by atoms with Crippen LogP contribution < -0.4 is 10.1 Å². The van der Waals surface area contributed by atoms with E-state index in [0.29, 0.717) is 23.1 Å². The average molecular weight is 398 g/mol. The summed E-state index contributed by atoms with van der Waals surface area (Å²) in [6, 6.07) is 7.69. The number of anilines is 1. The summed E-state index contributed by atoms with van der Waals surface area (Å²) in [6.07, 6.45) is 5.02. The number of methoxy groups -OCH3 is 1. The van der Waals surface area contributed by atoms with Crippen LogP contribution in [0.25, 0.3) is 21.5 Å². The molecule has 1 aromatic carbocycles. The number of benzene rings is 1. The third-order valence-electron chi connectivity index (χ3n) is 4.02. The minimum absolute atomic E-state index is 0.520. The zero-order chi connectivity index (χ0) is 18.8. The molecule has 3 heterocycles. The third-order valence-corrected chi connectivity index (χ3v) is 5.20. The van der Waals surface area contributed by atoms with Gasteiger partial charge in [0.1, 0.15) is 28.4 Å². The summed E-state index contributed by atoms with van der Waals surface area (Å²) in [5.41, 5.74) is 2.58. The lowest BCUT2D eigenvalue weighted by atomic mass is 10.1. The number of nitrogens with zero attached hydrogens (tertiary/aromatic N) is 4. The largest absolute Gasteiger partial charge is 0.494 e. The second kappa shape index (κ2) is 7.46. The zero-order valence-electron chi connectivity index (χ0n) is 14.7. The predicted octanol–water partition coefficient (Wildman–Crippen LogP) is 4.73. The van der Waals surface area contributed by atoms with Gasteiger partial charge < -0.3 is 10.1 Å². The number of nitrogens with one attached hydrogen (secondary N) is 1. The summed E-state index contributed by atoms with van der Waals surface area (Å²) < 4.78 is 5.56. The number of pyridine rings is 1. The molecule has 0 aliphatic carbocycles. The number of aromatic nitrogens is 4. The number of rotatable bonds is 5. The fraction of sp³-hybridized carbons (Fsp3) is 0.158. The first kappa shape index (κ1) is 17.6. The Balaban J connectivity index is 1.74. The van der Waals surface area contributed by atoms with Crippen LogP contribution in [-0.4, -0.2) is 27.0 Å². The molecule has 6 nitrogen and oxygen atoms in total. The van der Waals surface area contributed by atoms with E-state index < -0.39 is 0 Å². The van der Waals surface area contributed by atoms with Crippen molar-refractivity contribution in [2.24, 2.45) is 0 Å². The van der Waals surface area contributed by atoms with E-state index in [0.717, 1.165) is 32.0 Å². The van der Waals surface area contributed by atoms with Crippen LogP contribution in [0.15, 0.2) is 43.0 Å². The molecule has 0 bridgehead atoms. The monoisotopic (exact) mass is 397 g/mol. The van der Waals surface area contributed by atoms with Crippen molar-refractivity contribution in [2.45, 2.75) is 13.5 Å². The van der Waals surface area contributed by atoms with E-state index in [-0.39, 0.29) is 0 Å². The van der Waals surface area contributed by atoms with Crippen molar-refractivity contribution in [3.63, 3.8) is 0 Å². The van der Waals surface area contributed by atoms with Gasteiger partial charge in [-0.15, -0.1) is 11.3 Å². The molecule has 0 radical (unpaired) electrons. The molecule has 0 saturated carbocycles. The second-order valence-electron chi connectivity index (χ2n) is 5.89. The summed E-state index contributed by atoms with van der Waals surface area (Å²) in [6.45, 7) is 2.56. The first-order chi connectivity index (χ1) is 13.1. The van der Waals surface area contributed by atoms with Gasteiger partial charge in [-0.3, -0.25) is 4.98 Å². The van der Waals surface area contributed by atoms with E-state index in [1.54, 1.807) is 24.6 Å². The third kappa shape index (κ3) is 3.70. The van der Waals surface area contributed by atoms with E-state index in [2.05, 4.69) is 25.3 Å². The van der Waals surface area contributed by atoms with Gasteiger partial charge in [0.25, 0.3) is 0 Å². The van der Waals surface area contributed by atoms with Crippen LogP contribution in [0.3, 0.4) is 0 Å². The maximum absolute atomic E-state index is 5.90. The Morgan fingerprint density at radius 1 is 1.11 bits per heavy atom.